The van der Waals surface area contributed by atoms with Crippen LogP contribution < -0.4 is 16.0 Å². The molecule has 0 aromatic rings. The lowest BCUT2D eigenvalue weighted by Crippen LogP contribution is -2.29. The predicted molar refractivity (Wildman–Crippen MR) is 127 cm³/mol. The molecule has 0 amide bonds. The number of Topliss-reactive ketones (excluding diaryl/α,β-unsaturated/α-hetero) is 2. The molecule has 0 saturated carbocycles. The van der Waals surface area contributed by atoms with Crippen molar-refractivity contribution in [1.29, 1.82) is 0 Å². The fourth-order valence-corrected chi connectivity index (χ4v) is 5.38. The summed E-state index contributed by atoms with van der Waals surface area (Å²) in [7, 11) is 0.985. The van der Waals surface area contributed by atoms with Crippen molar-refractivity contribution >= 4 is 20.1 Å². The molecule has 3 atom stereocenters. The van der Waals surface area contributed by atoms with E-state index in [-0.39, 0.29) is 0 Å². The summed E-state index contributed by atoms with van der Waals surface area (Å²) in [5.41, 5.74) is 0. The van der Waals surface area contributed by atoms with E-state index in [1.807, 2.05) is 6.92 Å². The van der Waals surface area contributed by atoms with Crippen LogP contribution in [-0.2, 0) is 9.59 Å². The summed E-state index contributed by atoms with van der Waals surface area (Å²) >= 11 is 0. The largest absolute Gasteiger partial charge is 0.317 e. The molecular weight excluding hydrogens is 381 g/mol. The van der Waals surface area contributed by atoms with Crippen LogP contribution in [0.1, 0.15) is 71.6 Å². The SMILES string of the molecule is CCNCC(=O)CC1CCCCCCPCC(CNCC)CC(=O)CCCNC1. The first-order chi connectivity index (χ1) is 14.2. The molecule has 3 N–H and O–H groups in total. The van der Waals surface area contributed by atoms with Crippen LogP contribution >= 0.6 is 8.58 Å². The molecule has 0 aromatic carbocycles. The number of carbonyl (C=O) groups excluding carboxylic acids is 2. The molecule has 29 heavy (non-hydrogen) atoms. The second kappa shape index (κ2) is 18.4. The standard InChI is InChI=1S/C23H46N3O2P/c1-3-24-17-21-15-22(27)11-9-12-26-16-20(14-23(28)18-25-4-2)10-7-5-6-8-13-29-19-21/h20-21,24-26,29H,3-19H2,1-2H3. The highest BCUT2D eigenvalue weighted by Gasteiger charge is 2.15. The van der Waals surface area contributed by atoms with E-state index in [1.54, 1.807) is 0 Å². The molecule has 170 valence electrons. The summed E-state index contributed by atoms with van der Waals surface area (Å²) in [6, 6.07) is 0. The van der Waals surface area contributed by atoms with Crippen LogP contribution in [0.4, 0.5) is 0 Å². The van der Waals surface area contributed by atoms with Gasteiger partial charge in [-0.05, 0) is 76.1 Å². The Labute approximate surface area is 181 Å². The van der Waals surface area contributed by atoms with Crippen molar-refractivity contribution in [2.75, 3.05) is 51.6 Å². The lowest BCUT2D eigenvalue weighted by Gasteiger charge is -2.17. The number of hydrogen-bond acceptors (Lipinski definition) is 5. The Bertz CT molecular complexity index is 434. The van der Waals surface area contributed by atoms with Crippen LogP contribution in [0.5, 0.6) is 0 Å². The molecule has 6 heteroatoms. The van der Waals surface area contributed by atoms with Gasteiger partial charge in [0.2, 0.25) is 0 Å². The minimum absolute atomic E-state index is 0.327. The first-order valence-electron chi connectivity index (χ1n) is 12.0. The molecule has 3 unspecified atom stereocenters. The van der Waals surface area contributed by atoms with Crippen LogP contribution in [0.15, 0.2) is 0 Å². The Morgan fingerprint density at radius 3 is 2.66 bits per heavy atom. The zero-order chi connectivity index (χ0) is 21.2. The monoisotopic (exact) mass is 427 g/mol. The quantitative estimate of drug-likeness (QED) is 0.518. The van der Waals surface area contributed by atoms with Gasteiger partial charge < -0.3 is 16.0 Å². The molecule has 1 saturated heterocycles. The first kappa shape index (κ1) is 26.7. The minimum Gasteiger partial charge on any atom is -0.317 e. The summed E-state index contributed by atoms with van der Waals surface area (Å²) in [5.74, 6) is 1.68. The van der Waals surface area contributed by atoms with Crippen LogP contribution in [-0.4, -0.2) is 63.2 Å². The van der Waals surface area contributed by atoms with E-state index in [1.165, 1.54) is 38.0 Å². The topological polar surface area (TPSA) is 70.2 Å². The Morgan fingerprint density at radius 2 is 1.86 bits per heavy atom. The number of likely N-dealkylation sites (N-methyl/N-ethyl adjacent to an activating group) is 1. The highest BCUT2D eigenvalue weighted by Crippen LogP contribution is 2.22. The third-order valence-electron chi connectivity index (χ3n) is 5.68. The van der Waals surface area contributed by atoms with Crippen LogP contribution in [0.3, 0.4) is 0 Å². The second-order valence-corrected chi connectivity index (χ2v) is 9.93. The molecule has 1 fully saturated rings. The molecule has 1 rings (SSSR count). The maximum atomic E-state index is 12.4. The highest BCUT2D eigenvalue weighted by molar-refractivity contribution is 7.37. The number of nitrogens with one attached hydrogen (secondary N) is 3. The summed E-state index contributed by atoms with van der Waals surface area (Å²) in [6.07, 6.45) is 11.8. The van der Waals surface area contributed by atoms with E-state index in [0.717, 1.165) is 60.6 Å². The lowest BCUT2D eigenvalue weighted by molar-refractivity contribution is -0.120. The van der Waals surface area contributed by atoms with Gasteiger partial charge in [-0.1, -0.05) is 33.1 Å². The van der Waals surface area contributed by atoms with E-state index in [0.29, 0.717) is 42.8 Å². The van der Waals surface area contributed by atoms with Crippen molar-refractivity contribution in [1.82, 2.24) is 16.0 Å². The third-order valence-corrected chi connectivity index (χ3v) is 7.25. The van der Waals surface area contributed by atoms with Gasteiger partial charge in [-0.3, -0.25) is 9.59 Å². The molecule has 0 aliphatic carbocycles. The highest BCUT2D eigenvalue weighted by atomic mass is 31.1. The van der Waals surface area contributed by atoms with Crippen molar-refractivity contribution in [3.05, 3.63) is 0 Å². The average molecular weight is 428 g/mol. The van der Waals surface area contributed by atoms with E-state index in [9.17, 15) is 9.59 Å². The minimum atomic E-state index is 0.327. The molecular formula is C23H46N3O2P. The molecule has 0 spiro atoms. The Hall–Kier alpha value is -0.350. The summed E-state index contributed by atoms with van der Waals surface area (Å²) in [6.45, 7) is 9.25. The fourth-order valence-electron chi connectivity index (χ4n) is 3.98. The van der Waals surface area contributed by atoms with E-state index in [2.05, 4.69) is 22.9 Å². The van der Waals surface area contributed by atoms with Crippen molar-refractivity contribution in [3.63, 3.8) is 0 Å². The van der Waals surface area contributed by atoms with Crippen molar-refractivity contribution in [3.8, 4) is 0 Å². The molecule has 1 aliphatic rings. The van der Waals surface area contributed by atoms with Gasteiger partial charge in [-0.2, -0.15) is 0 Å². The zero-order valence-corrected chi connectivity index (χ0v) is 20.0. The normalized spacial score (nSPS) is 25.0. The molecule has 0 bridgehead atoms. The van der Waals surface area contributed by atoms with Gasteiger partial charge in [0, 0.05) is 19.3 Å². The Kier molecular flexibility index (Phi) is 17.0. The van der Waals surface area contributed by atoms with Gasteiger partial charge in [0.1, 0.15) is 11.6 Å². The molecule has 1 heterocycles. The van der Waals surface area contributed by atoms with Crippen molar-refractivity contribution in [2.24, 2.45) is 11.8 Å². The smallest absolute Gasteiger partial charge is 0.146 e. The molecule has 5 nitrogen and oxygen atoms in total. The molecule has 0 radical (unpaired) electrons. The number of rotatable bonds is 8. The predicted octanol–water partition coefficient (Wildman–Crippen LogP) is 3.37. The summed E-state index contributed by atoms with van der Waals surface area (Å²) in [4.78, 5) is 24.6. The van der Waals surface area contributed by atoms with Gasteiger partial charge in [0.15, 0.2) is 0 Å². The van der Waals surface area contributed by atoms with E-state index >= 15 is 0 Å². The van der Waals surface area contributed by atoms with E-state index in [4.69, 9.17) is 0 Å². The van der Waals surface area contributed by atoms with E-state index < -0.39 is 0 Å². The Balaban J connectivity index is 2.47. The third kappa shape index (κ3) is 15.2. The maximum absolute atomic E-state index is 12.4. The van der Waals surface area contributed by atoms with Crippen LogP contribution in [0.2, 0.25) is 0 Å². The molecule has 0 aromatic heterocycles. The Morgan fingerprint density at radius 1 is 1.07 bits per heavy atom. The van der Waals surface area contributed by atoms with Gasteiger partial charge in [0.05, 0.1) is 6.54 Å². The van der Waals surface area contributed by atoms with Crippen LogP contribution in [0.25, 0.3) is 0 Å². The lowest BCUT2D eigenvalue weighted by atomic mass is 9.95. The van der Waals surface area contributed by atoms with Gasteiger partial charge >= 0.3 is 0 Å². The van der Waals surface area contributed by atoms with Crippen molar-refractivity contribution < 1.29 is 9.59 Å². The first-order valence-corrected chi connectivity index (χ1v) is 13.4. The number of carbonyl (C=O) groups is 2. The van der Waals surface area contributed by atoms with Gasteiger partial charge in [-0.15, -0.1) is 8.58 Å². The van der Waals surface area contributed by atoms with Gasteiger partial charge in [0.25, 0.3) is 0 Å². The van der Waals surface area contributed by atoms with Crippen molar-refractivity contribution in [2.45, 2.75) is 71.6 Å². The summed E-state index contributed by atoms with van der Waals surface area (Å²) < 4.78 is 0. The fraction of sp³-hybridized carbons (Fsp3) is 0.913. The van der Waals surface area contributed by atoms with Crippen LogP contribution in [0, 0.1) is 11.8 Å². The number of ketones is 2. The van der Waals surface area contributed by atoms with Gasteiger partial charge in [-0.25, -0.2) is 0 Å². The number of hydrogen-bond donors (Lipinski definition) is 3. The molecule has 1 aliphatic heterocycles. The average Bonchev–Trinajstić information content (AvgIpc) is 2.71. The summed E-state index contributed by atoms with van der Waals surface area (Å²) in [5, 5.41) is 10.1. The maximum Gasteiger partial charge on any atom is 0.146 e. The second-order valence-electron chi connectivity index (χ2n) is 8.52. The zero-order valence-electron chi connectivity index (χ0n) is 19.0.